The van der Waals surface area contributed by atoms with Crippen LogP contribution in [0.3, 0.4) is 0 Å². The highest BCUT2D eigenvalue weighted by Crippen LogP contribution is 2.12. The van der Waals surface area contributed by atoms with Crippen LogP contribution in [0.4, 0.5) is 0 Å². The van der Waals surface area contributed by atoms with Gasteiger partial charge in [-0.05, 0) is 55.3 Å². The zero-order valence-corrected chi connectivity index (χ0v) is 19.2. The summed E-state index contributed by atoms with van der Waals surface area (Å²) in [5, 5.41) is 2.78. The van der Waals surface area contributed by atoms with Gasteiger partial charge in [0, 0.05) is 18.3 Å². The Balaban J connectivity index is 1.59. The van der Waals surface area contributed by atoms with Crippen LogP contribution >= 0.6 is 0 Å². The number of esters is 1. The molecule has 0 unspecified atom stereocenters. The lowest BCUT2D eigenvalue weighted by molar-refractivity contribution is 0.0519. The van der Waals surface area contributed by atoms with E-state index in [1.165, 1.54) is 36.4 Å². The van der Waals surface area contributed by atoms with Crippen molar-refractivity contribution in [2.75, 3.05) is 13.2 Å². The summed E-state index contributed by atoms with van der Waals surface area (Å²) in [6, 6.07) is 17.4. The van der Waals surface area contributed by atoms with Crippen LogP contribution in [0, 0.1) is 0 Å². The van der Waals surface area contributed by atoms with Crippen LogP contribution < -0.4 is 10.0 Å². The van der Waals surface area contributed by atoms with Gasteiger partial charge >= 0.3 is 5.97 Å². The van der Waals surface area contributed by atoms with Crippen molar-refractivity contribution in [1.29, 1.82) is 0 Å². The normalized spacial score (nSPS) is 10.9. The molecule has 0 aliphatic carbocycles. The van der Waals surface area contributed by atoms with Gasteiger partial charge in [-0.15, -0.1) is 0 Å². The highest BCUT2D eigenvalue weighted by atomic mass is 32.2. The highest BCUT2D eigenvalue weighted by Gasteiger charge is 2.20. The zero-order chi connectivity index (χ0) is 24.6. The van der Waals surface area contributed by atoms with Crippen molar-refractivity contribution < 1.29 is 27.5 Å². The molecular weight excluding hydrogens is 458 g/mol. The topological polar surface area (TPSA) is 132 Å². The lowest BCUT2D eigenvalue weighted by Crippen LogP contribution is -2.31. The average Bonchev–Trinajstić information content (AvgIpc) is 2.84. The molecule has 34 heavy (non-hydrogen) atoms. The third-order valence-corrected chi connectivity index (χ3v) is 6.05. The number of amides is 2. The van der Waals surface area contributed by atoms with Gasteiger partial charge in [-0.2, -0.15) is 0 Å². The summed E-state index contributed by atoms with van der Waals surface area (Å²) in [5.74, 6) is -1.89. The molecule has 0 aliphatic rings. The Morgan fingerprint density at radius 3 is 2.18 bits per heavy atom. The maximum absolute atomic E-state index is 12.6. The number of benzene rings is 2. The minimum absolute atomic E-state index is 0.00103. The first-order valence-corrected chi connectivity index (χ1v) is 11.9. The predicted molar refractivity (Wildman–Crippen MR) is 124 cm³/mol. The molecule has 0 spiro atoms. The van der Waals surface area contributed by atoms with Crippen LogP contribution in [0.1, 0.15) is 43.7 Å². The monoisotopic (exact) mass is 481 g/mol. The second-order valence-electron chi connectivity index (χ2n) is 7.10. The first-order valence-electron chi connectivity index (χ1n) is 10.4. The zero-order valence-electron chi connectivity index (χ0n) is 18.4. The SMILES string of the molecule is CCOC(=O)c1ccc(C(=O)NS(=O)(=O)c2ccc(C(=O)NCCc3ccccc3)cc2)cn1. The van der Waals surface area contributed by atoms with Crippen molar-refractivity contribution in [2.45, 2.75) is 18.2 Å². The molecule has 1 heterocycles. The molecule has 2 aromatic carbocycles. The number of ether oxygens (including phenoxy) is 1. The van der Waals surface area contributed by atoms with Crippen molar-refractivity contribution in [1.82, 2.24) is 15.0 Å². The molecule has 0 aliphatic heterocycles. The molecule has 0 bridgehead atoms. The van der Waals surface area contributed by atoms with Crippen molar-refractivity contribution in [3.8, 4) is 0 Å². The number of aromatic nitrogens is 1. The molecule has 0 saturated heterocycles. The number of pyridine rings is 1. The van der Waals surface area contributed by atoms with Gasteiger partial charge in [0.1, 0.15) is 5.69 Å². The largest absolute Gasteiger partial charge is 0.461 e. The minimum Gasteiger partial charge on any atom is -0.461 e. The number of sulfonamides is 1. The Kier molecular flexibility index (Phi) is 8.10. The van der Waals surface area contributed by atoms with Crippen LogP contribution in [0.5, 0.6) is 0 Å². The van der Waals surface area contributed by atoms with Gasteiger partial charge in [0.15, 0.2) is 0 Å². The molecule has 9 nitrogen and oxygen atoms in total. The molecule has 3 aromatic rings. The first-order chi connectivity index (χ1) is 16.3. The summed E-state index contributed by atoms with van der Waals surface area (Å²) >= 11 is 0. The van der Waals surface area contributed by atoms with E-state index in [4.69, 9.17) is 4.74 Å². The van der Waals surface area contributed by atoms with E-state index < -0.39 is 21.9 Å². The summed E-state index contributed by atoms with van der Waals surface area (Å²) in [7, 11) is -4.19. The van der Waals surface area contributed by atoms with E-state index in [0.29, 0.717) is 13.0 Å². The van der Waals surface area contributed by atoms with Crippen LogP contribution in [0.15, 0.2) is 77.8 Å². The maximum Gasteiger partial charge on any atom is 0.356 e. The fraction of sp³-hybridized carbons (Fsp3) is 0.167. The maximum atomic E-state index is 12.6. The minimum atomic E-state index is -4.19. The number of carbonyl (C=O) groups is 3. The second kappa shape index (κ2) is 11.2. The van der Waals surface area contributed by atoms with E-state index in [1.54, 1.807) is 6.92 Å². The molecule has 0 saturated carbocycles. The molecule has 3 rings (SSSR count). The Bertz CT molecular complexity index is 1260. The fourth-order valence-electron chi connectivity index (χ4n) is 2.95. The summed E-state index contributed by atoms with van der Waals surface area (Å²) < 4.78 is 31.9. The van der Waals surface area contributed by atoms with E-state index in [9.17, 15) is 22.8 Å². The summed E-state index contributed by atoms with van der Waals surface area (Å²) in [6.07, 6.45) is 1.75. The predicted octanol–water partition coefficient (Wildman–Crippen LogP) is 2.35. The van der Waals surface area contributed by atoms with Gasteiger partial charge in [0.25, 0.3) is 21.8 Å². The first kappa shape index (κ1) is 24.6. The molecule has 0 radical (unpaired) electrons. The van der Waals surface area contributed by atoms with Crippen molar-refractivity contribution >= 4 is 27.8 Å². The quantitative estimate of drug-likeness (QED) is 0.449. The lowest BCUT2D eigenvalue weighted by Gasteiger charge is -2.09. The molecule has 1 aromatic heterocycles. The second-order valence-corrected chi connectivity index (χ2v) is 8.79. The molecule has 2 N–H and O–H groups in total. The number of nitrogens with one attached hydrogen (secondary N) is 2. The fourth-order valence-corrected chi connectivity index (χ4v) is 3.92. The van der Waals surface area contributed by atoms with Gasteiger partial charge in [-0.3, -0.25) is 9.59 Å². The molecule has 10 heteroatoms. The Hall–Kier alpha value is -4.05. The standard InChI is InChI=1S/C24H23N3O6S/c1-2-33-24(30)21-13-10-19(16-26-21)23(29)27-34(31,32)20-11-8-18(9-12-20)22(28)25-15-14-17-6-4-3-5-7-17/h3-13,16H,2,14-15H2,1H3,(H,25,28)(H,27,29). The third-order valence-electron chi connectivity index (χ3n) is 4.71. The van der Waals surface area contributed by atoms with E-state index in [0.717, 1.165) is 11.8 Å². The van der Waals surface area contributed by atoms with Crippen molar-refractivity contribution in [2.24, 2.45) is 0 Å². The van der Waals surface area contributed by atoms with Gasteiger partial charge in [-0.1, -0.05) is 30.3 Å². The Morgan fingerprint density at radius 1 is 0.882 bits per heavy atom. The number of rotatable bonds is 9. The summed E-state index contributed by atoms with van der Waals surface area (Å²) in [4.78, 5) is 39.9. The molecule has 0 fully saturated rings. The van der Waals surface area contributed by atoms with Crippen LogP contribution in [-0.4, -0.2) is 44.3 Å². The van der Waals surface area contributed by atoms with Crippen LogP contribution in [0.25, 0.3) is 0 Å². The van der Waals surface area contributed by atoms with Crippen LogP contribution in [-0.2, 0) is 21.2 Å². The number of hydrogen-bond donors (Lipinski definition) is 2. The average molecular weight is 482 g/mol. The van der Waals surface area contributed by atoms with Crippen LogP contribution in [0.2, 0.25) is 0 Å². The molecule has 2 amide bonds. The van der Waals surface area contributed by atoms with Crippen molar-refractivity contribution in [3.63, 3.8) is 0 Å². The number of nitrogens with zero attached hydrogens (tertiary/aromatic N) is 1. The smallest absolute Gasteiger partial charge is 0.356 e. The molecular formula is C24H23N3O6S. The summed E-state index contributed by atoms with van der Waals surface area (Å²) in [5.41, 5.74) is 1.33. The van der Waals surface area contributed by atoms with Gasteiger partial charge in [0.2, 0.25) is 0 Å². The van der Waals surface area contributed by atoms with E-state index in [1.807, 2.05) is 35.1 Å². The Morgan fingerprint density at radius 2 is 1.56 bits per heavy atom. The highest BCUT2D eigenvalue weighted by molar-refractivity contribution is 7.90. The van der Waals surface area contributed by atoms with E-state index in [-0.39, 0.29) is 34.2 Å². The van der Waals surface area contributed by atoms with Gasteiger partial charge in [0.05, 0.1) is 17.1 Å². The van der Waals surface area contributed by atoms with E-state index in [2.05, 4.69) is 10.3 Å². The number of hydrogen-bond acceptors (Lipinski definition) is 7. The number of carbonyl (C=O) groups excluding carboxylic acids is 3. The molecule has 0 atom stereocenters. The van der Waals surface area contributed by atoms with Crippen molar-refractivity contribution in [3.05, 3.63) is 95.3 Å². The summed E-state index contributed by atoms with van der Waals surface area (Å²) in [6.45, 7) is 2.26. The van der Waals surface area contributed by atoms with Gasteiger partial charge in [-0.25, -0.2) is 22.9 Å². The molecule has 176 valence electrons. The third kappa shape index (κ3) is 6.48. The van der Waals surface area contributed by atoms with Gasteiger partial charge < -0.3 is 10.1 Å². The Labute approximate surface area is 197 Å². The lowest BCUT2D eigenvalue weighted by atomic mass is 10.1. The van der Waals surface area contributed by atoms with E-state index >= 15 is 0 Å².